The zero-order chi connectivity index (χ0) is 17.7. The van der Waals surface area contributed by atoms with Crippen LogP contribution < -0.4 is 5.32 Å². The van der Waals surface area contributed by atoms with Gasteiger partial charge in [-0.25, -0.2) is 9.50 Å². The Kier molecular flexibility index (Phi) is 3.56. The number of carbonyl (C=O) groups is 1. The number of rotatable bonds is 3. The predicted octanol–water partition coefficient (Wildman–Crippen LogP) is 3.32. The van der Waals surface area contributed by atoms with E-state index in [2.05, 4.69) is 38.6 Å². The van der Waals surface area contributed by atoms with Crippen molar-refractivity contribution in [2.75, 3.05) is 0 Å². The van der Waals surface area contributed by atoms with Gasteiger partial charge in [-0.3, -0.25) is 4.79 Å². The lowest BCUT2D eigenvalue weighted by molar-refractivity contribution is -0.123. The minimum Gasteiger partial charge on any atom is -0.357 e. The molecule has 2 N–H and O–H groups in total. The second-order valence-electron chi connectivity index (χ2n) is 6.81. The maximum absolute atomic E-state index is 12.8. The first kappa shape index (κ1) is 15.6. The summed E-state index contributed by atoms with van der Waals surface area (Å²) >= 11 is 1.55. The van der Waals surface area contributed by atoms with Crippen LogP contribution in [0.2, 0.25) is 0 Å². The Morgan fingerprint density at radius 3 is 3.19 bits per heavy atom. The summed E-state index contributed by atoms with van der Waals surface area (Å²) in [4.78, 5) is 21.7. The van der Waals surface area contributed by atoms with Crippen LogP contribution in [-0.2, 0) is 17.8 Å². The van der Waals surface area contributed by atoms with Gasteiger partial charge in [-0.2, -0.15) is 5.10 Å². The van der Waals surface area contributed by atoms with Gasteiger partial charge in [-0.05, 0) is 37.8 Å². The fraction of sp³-hybridized carbons (Fsp3) is 0.316. The number of H-pyrrole nitrogens is 1. The molecule has 26 heavy (non-hydrogen) atoms. The van der Waals surface area contributed by atoms with Crippen molar-refractivity contribution in [1.82, 2.24) is 24.9 Å². The predicted molar refractivity (Wildman–Crippen MR) is 101 cm³/mol. The summed E-state index contributed by atoms with van der Waals surface area (Å²) in [5, 5.41) is 9.65. The number of para-hydroxylation sites is 1. The molecule has 0 bridgehead atoms. The van der Waals surface area contributed by atoms with Crippen LogP contribution in [0.4, 0.5) is 0 Å². The van der Waals surface area contributed by atoms with Crippen molar-refractivity contribution >= 4 is 33.1 Å². The van der Waals surface area contributed by atoms with E-state index in [1.54, 1.807) is 15.9 Å². The van der Waals surface area contributed by atoms with E-state index in [1.165, 1.54) is 10.9 Å². The molecule has 1 aromatic carbocycles. The molecule has 1 aliphatic carbocycles. The summed E-state index contributed by atoms with van der Waals surface area (Å²) in [7, 11) is 0. The standard InChI is InChI=1S/C19H19N5OS/c1-11-23-24-10-12(21-19(24)26-11)9-20-18(25)15-7-4-6-14-13-5-2-3-8-16(13)22-17(14)15/h2-3,5,8,10,15,22H,4,6-7,9H2,1H3,(H,20,25)/t15-/m1/s1. The van der Waals surface area contributed by atoms with Crippen molar-refractivity contribution in [3.8, 4) is 0 Å². The molecule has 7 heteroatoms. The molecule has 0 saturated carbocycles. The minimum absolute atomic E-state index is 0.0676. The molecule has 0 saturated heterocycles. The van der Waals surface area contributed by atoms with E-state index in [0.717, 1.165) is 46.1 Å². The average Bonchev–Trinajstić information content (AvgIpc) is 3.29. The van der Waals surface area contributed by atoms with Crippen molar-refractivity contribution in [3.63, 3.8) is 0 Å². The van der Waals surface area contributed by atoms with Crippen molar-refractivity contribution in [3.05, 3.63) is 52.4 Å². The van der Waals surface area contributed by atoms with Gasteiger partial charge in [0.05, 0.1) is 24.4 Å². The first-order chi connectivity index (χ1) is 12.7. The number of aromatic amines is 1. The van der Waals surface area contributed by atoms with Gasteiger partial charge < -0.3 is 10.3 Å². The highest BCUT2D eigenvalue weighted by Gasteiger charge is 2.29. The molecular formula is C19H19N5OS. The molecule has 6 nitrogen and oxygen atoms in total. The molecule has 3 aromatic heterocycles. The fourth-order valence-corrected chi connectivity index (χ4v) is 4.65. The van der Waals surface area contributed by atoms with Crippen LogP contribution in [0.15, 0.2) is 30.5 Å². The molecule has 4 aromatic rings. The molecule has 5 rings (SSSR count). The number of aromatic nitrogens is 4. The SMILES string of the molecule is Cc1nn2cc(CNC(=O)[C@@H]3CCCc4c3[nH]c3ccccc43)nc2s1. The normalized spacial score (nSPS) is 16.9. The third-order valence-corrected chi connectivity index (χ3v) is 5.91. The Labute approximate surface area is 154 Å². The summed E-state index contributed by atoms with van der Waals surface area (Å²) in [5.41, 5.74) is 4.34. The number of imidazole rings is 1. The van der Waals surface area contributed by atoms with Crippen LogP contribution in [0.5, 0.6) is 0 Å². The zero-order valence-corrected chi connectivity index (χ0v) is 15.3. The third-order valence-electron chi connectivity index (χ3n) is 5.07. The van der Waals surface area contributed by atoms with Crippen LogP contribution in [0, 0.1) is 6.92 Å². The number of aryl methyl sites for hydroxylation is 2. The monoisotopic (exact) mass is 365 g/mol. The maximum atomic E-state index is 12.8. The number of nitrogens with one attached hydrogen (secondary N) is 2. The molecular weight excluding hydrogens is 346 g/mol. The summed E-state index contributed by atoms with van der Waals surface area (Å²) in [6, 6.07) is 8.30. The first-order valence-electron chi connectivity index (χ1n) is 8.88. The fourth-order valence-electron chi connectivity index (χ4n) is 3.91. The number of amides is 1. The highest BCUT2D eigenvalue weighted by molar-refractivity contribution is 7.16. The highest BCUT2D eigenvalue weighted by atomic mass is 32.1. The van der Waals surface area contributed by atoms with E-state index in [9.17, 15) is 4.79 Å². The second kappa shape index (κ2) is 5.95. The third kappa shape index (κ3) is 2.50. The van der Waals surface area contributed by atoms with Gasteiger partial charge in [0.1, 0.15) is 5.01 Å². The molecule has 1 amide bonds. The number of benzene rings is 1. The lowest BCUT2D eigenvalue weighted by Crippen LogP contribution is -2.31. The molecule has 0 spiro atoms. The van der Waals surface area contributed by atoms with E-state index in [0.29, 0.717) is 6.54 Å². The van der Waals surface area contributed by atoms with Gasteiger partial charge >= 0.3 is 0 Å². The van der Waals surface area contributed by atoms with E-state index < -0.39 is 0 Å². The Hall–Kier alpha value is -2.67. The molecule has 1 atom stereocenters. The highest BCUT2D eigenvalue weighted by Crippen LogP contribution is 2.36. The van der Waals surface area contributed by atoms with E-state index >= 15 is 0 Å². The summed E-state index contributed by atoms with van der Waals surface area (Å²) in [6.07, 6.45) is 4.83. The maximum Gasteiger partial charge on any atom is 0.229 e. The first-order valence-corrected chi connectivity index (χ1v) is 9.69. The van der Waals surface area contributed by atoms with Crippen LogP contribution in [0.1, 0.15) is 40.7 Å². The number of hydrogen-bond acceptors (Lipinski definition) is 4. The summed E-state index contributed by atoms with van der Waals surface area (Å²) in [6.45, 7) is 2.39. The van der Waals surface area contributed by atoms with Crippen LogP contribution in [-0.4, -0.2) is 25.5 Å². The quantitative estimate of drug-likeness (QED) is 0.585. The molecule has 1 aliphatic rings. The van der Waals surface area contributed by atoms with E-state index in [-0.39, 0.29) is 11.8 Å². The summed E-state index contributed by atoms with van der Waals surface area (Å²) in [5.74, 6) is -0.0479. The summed E-state index contributed by atoms with van der Waals surface area (Å²) < 4.78 is 1.78. The Morgan fingerprint density at radius 2 is 2.31 bits per heavy atom. The van der Waals surface area contributed by atoms with Gasteiger partial charge in [0, 0.05) is 16.6 Å². The second-order valence-corrected chi connectivity index (χ2v) is 7.97. The van der Waals surface area contributed by atoms with Crippen LogP contribution >= 0.6 is 11.3 Å². The van der Waals surface area contributed by atoms with E-state index in [1.807, 2.05) is 19.2 Å². The van der Waals surface area contributed by atoms with Crippen molar-refractivity contribution in [1.29, 1.82) is 0 Å². The van der Waals surface area contributed by atoms with Gasteiger partial charge in [0.15, 0.2) is 0 Å². The number of carbonyl (C=O) groups excluding carboxylic acids is 1. The number of hydrogen-bond donors (Lipinski definition) is 2. The van der Waals surface area contributed by atoms with Gasteiger partial charge in [-0.15, -0.1) is 0 Å². The minimum atomic E-state index is -0.116. The zero-order valence-electron chi connectivity index (χ0n) is 14.5. The molecule has 0 unspecified atom stereocenters. The molecule has 3 heterocycles. The molecule has 0 radical (unpaired) electrons. The van der Waals surface area contributed by atoms with Crippen LogP contribution in [0.25, 0.3) is 15.9 Å². The smallest absolute Gasteiger partial charge is 0.229 e. The van der Waals surface area contributed by atoms with Crippen molar-refractivity contribution < 1.29 is 4.79 Å². The van der Waals surface area contributed by atoms with Crippen molar-refractivity contribution in [2.45, 2.75) is 38.6 Å². The van der Waals surface area contributed by atoms with Gasteiger partial charge in [0.2, 0.25) is 10.9 Å². The Balaban J connectivity index is 1.36. The lowest BCUT2D eigenvalue weighted by atomic mass is 9.86. The van der Waals surface area contributed by atoms with Gasteiger partial charge in [0.25, 0.3) is 0 Å². The van der Waals surface area contributed by atoms with Crippen molar-refractivity contribution in [2.24, 2.45) is 0 Å². The lowest BCUT2D eigenvalue weighted by Gasteiger charge is -2.21. The Bertz CT molecular complexity index is 1090. The largest absolute Gasteiger partial charge is 0.357 e. The van der Waals surface area contributed by atoms with Gasteiger partial charge in [-0.1, -0.05) is 29.5 Å². The van der Waals surface area contributed by atoms with Crippen LogP contribution in [0.3, 0.4) is 0 Å². The number of nitrogens with zero attached hydrogens (tertiary/aromatic N) is 3. The van der Waals surface area contributed by atoms with E-state index in [4.69, 9.17) is 0 Å². The topological polar surface area (TPSA) is 75.1 Å². The Morgan fingerprint density at radius 1 is 1.42 bits per heavy atom. The number of fused-ring (bicyclic) bond motifs is 4. The molecule has 0 fully saturated rings. The molecule has 0 aliphatic heterocycles. The average molecular weight is 365 g/mol. The molecule has 132 valence electrons.